The zero-order valence-electron chi connectivity index (χ0n) is 20.4. The van der Waals surface area contributed by atoms with Crippen LogP contribution in [0.1, 0.15) is 79.9 Å². The molecule has 2 atom stereocenters. The van der Waals surface area contributed by atoms with E-state index in [1.807, 2.05) is 30.3 Å². The Balaban J connectivity index is 1.38. The molecule has 5 nitrogen and oxygen atoms in total. The average Bonchev–Trinajstić information content (AvgIpc) is 2.87. The number of carboxylic acid groups (broad SMARTS) is 1. The van der Waals surface area contributed by atoms with Crippen LogP contribution in [-0.2, 0) is 9.59 Å². The molecule has 2 unspecified atom stereocenters. The van der Waals surface area contributed by atoms with Gasteiger partial charge in [0, 0.05) is 12.5 Å². The van der Waals surface area contributed by atoms with Crippen molar-refractivity contribution in [3.05, 3.63) is 65.2 Å². The number of nitrogens with one attached hydrogen (secondary N) is 1. The number of ether oxygens (including phenoxy) is 1. The Morgan fingerprint density at radius 2 is 1.74 bits per heavy atom. The van der Waals surface area contributed by atoms with Gasteiger partial charge in [-0.25, -0.2) is 0 Å². The number of rotatable bonds is 7. The molecule has 4 rings (SSSR count). The number of hydrogen-bond donors (Lipinski definition) is 2. The molecule has 2 aromatic carbocycles. The maximum Gasteiger partial charge on any atom is 0.319 e. The number of methoxy groups -OCH3 is 1. The number of aliphatic carboxylic acids is 1. The molecule has 2 saturated carbocycles. The summed E-state index contributed by atoms with van der Waals surface area (Å²) in [6.07, 6.45) is 7.11. The lowest BCUT2D eigenvalue weighted by Gasteiger charge is -2.40. The van der Waals surface area contributed by atoms with Gasteiger partial charge in [0.15, 0.2) is 5.41 Å². The van der Waals surface area contributed by atoms with E-state index in [9.17, 15) is 14.7 Å². The van der Waals surface area contributed by atoms with E-state index in [2.05, 4.69) is 30.4 Å². The van der Waals surface area contributed by atoms with E-state index in [0.29, 0.717) is 24.8 Å². The number of benzene rings is 2. The monoisotopic (exact) mass is 463 g/mol. The Kier molecular flexibility index (Phi) is 7.60. The molecule has 0 saturated heterocycles. The molecule has 2 aliphatic carbocycles. The van der Waals surface area contributed by atoms with E-state index >= 15 is 0 Å². The van der Waals surface area contributed by atoms with Gasteiger partial charge in [0.1, 0.15) is 5.75 Å². The van der Waals surface area contributed by atoms with Gasteiger partial charge in [-0.05, 0) is 80.0 Å². The standard InChI is InChI=1S/C29H37NO4/c1-20-18-24(15-16-26(20)34-2)22-13-11-21(12-14-22)19-30-27(31)29(28(32)33)17-7-6-10-25(29)23-8-4-3-5-9-23/h3-5,8-9,15-16,18,21-22,25H,6-7,10-14,17,19H2,1-2H3,(H,30,31)(H,32,33). The predicted molar refractivity (Wildman–Crippen MR) is 133 cm³/mol. The highest BCUT2D eigenvalue weighted by molar-refractivity contribution is 6.03. The van der Waals surface area contributed by atoms with Crippen LogP contribution >= 0.6 is 0 Å². The first kappa shape index (κ1) is 24.3. The second kappa shape index (κ2) is 10.6. The van der Waals surface area contributed by atoms with E-state index in [4.69, 9.17) is 4.74 Å². The quantitative estimate of drug-likeness (QED) is 0.507. The summed E-state index contributed by atoms with van der Waals surface area (Å²) in [7, 11) is 1.70. The van der Waals surface area contributed by atoms with Gasteiger partial charge in [0.05, 0.1) is 7.11 Å². The van der Waals surface area contributed by atoms with E-state index < -0.39 is 11.4 Å². The van der Waals surface area contributed by atoms with Gasteiger partial charge in [0.2, 0.25) is 5.91 Å². The maximum atomic E-state index is 13.5. The first-order valence-electron chi connectivity index (χ1n) is 12.7. The van der Waals surface area contributed by atoms with Gasteiger partial charge >= 0.3 is 5.97 Å². The molecular formula is C29H37NO4. The molecule has 182 valence electrons. The van der Waals surface area contributed by atoms with Crippen LogP contribution in [0.3, 0.4) is 0 Å². The highest BCUT2D eigenvalue weighted by Gasteiger charge is 2.53. The third-order valence-corrected chi connectivity index (χ3v) is 8.19. The molecule has 0 spiro atoms. The van der Waals surface area contributed by atoms with Gasteiger partial charge in [-0.1, -0.05) is 55.3 Å². The molecule has 0 radical (unpaired) electrons. The summed E-state index contributed by atoms with van der Waals surface area (Å²) in [6.45, 7) is 2.64. The minimum Gasteiger partial charge on any atom is -0.496 e. The van der Waals surface area contributed by atoms with Gasteiger partial charge in [-0.2, -0.15) is 0 Å². The fraction of sp³-hybridized carbons (Fsp3) is 0.517. The van der Waals surface area contributed by atoms with Gasteiger partial charge < -0.3 is 15.2 Å². The van der Waals surface area contributed by atoms with Crippen molar-refractivity contribution in [2.45, 2.75) is 70.1 Å². The van der Waals surface area contributed by atoms with E-state index in [1.54, 1.807) is 7.11 Å². The number of carbonyl (C=O) groups excluding carboxylic acids is 1. The summed E-state index contributed by atoms with van der Waals surface area (Å²) < 4.78 is 5.39. The number of carboxylic acids is 1. The van der Waals surface area contributed by atoms with Gasteiger partial charge in [0.25, 0.3) is 0 Å². The molecule has 0 bridgehead atoms. The van der Waals surface area contributed by atoms with E-state index in [1.165, 1.54) is 5.56 Å². The SMILES string of the molecule is COc1ccc(C2CCC(CNC(=O)C3(C(=O)O)CCCCC3c3ccccc3)CC2)cc1C. The molecule has 2 fully saturated rings. The van der Waals surface area contributed by atoms with Crippen molar-refractivity contribution in [3.63, 3.8) is 0 Å². The summed E-state index contributed by atoms with van der Waals surface area (Å²) in [5, 5.41) is 13.4. The zero-order chi connectivity index (χ0) is 24.1. The Bertz CT molecular complexity index is 996. The second-order valence-corrected chi connectivity index (χ2v) is 10.1. The topological polar surface area (TPSA) is 75.6 Å². The average molecular weight is 464 g/mol. The summed E-state index contributed by atoms with van der Waals surface area (Å²) in [4.78, 5) is 26.0. The van der Waals surface area contributed by atoms with E-state index in [-0.39, 0.29) is 11.8 Å². The number of aryl methyl sites for hydroxylation is 1. The van der Waals surface area contributed by atoms with Crippen molar-refractivity contribution >= 4 is 11.9 Å². The Labute approximate surface area is 202 Å². The van der Waals surface area contributed by atoms with Crippen LogP contribution in [-0.4, -0.2) is 30.6 Å². The highest BCUT2D eigenvalue weighted by Crippen LogP contribution is 2.48. The molecule has 0 heterocycles. The second-order valence-electron chi connectivity index (χ2n) is 10.1. The first-order valence-corrected chi connectivity index (χ1v) is 12.7. The van der Waals surface area contributed by atoms with Crippen LogP contribution in [0.25, 0.3) is 0 Å². The van der Waals surface area contributed by atoms with Crippen LogP contribution in [0, 0.1) is 18.3 Å². The third-order valence-electron chi connectivity index (χ3n) is 8.19. The van der Waals surface area contributed by atoms with Gasteiger partial charge in [-0.3, -0.25) is 9.59 Å². The summed E-state index contributed by atoms with van der Waals surface area (Å²) in [6, 6.07) is 16.2. The predicted octanol–water partition coefficient (Wildman–Crippen LogP) is 5.82. The number of amides is 1. The summed E-state index contributed by atoms with van der Waals surface area (Å²) in [5.41, 5.74) is 2.10. The van der Waals surface area contributed by atoms with Crippen LogP contribution < -0.4 is 10.1 Å². The lowest BCUT2D eigenvalue weighted by molar-refractivity contribution is -0.160. The molecular weight excluding hydrogens is 426 g/mol. The van der Waals surface area contributed by atoms with E-state index in [0.717, 1.165) is 61.8 Å². The molecule has 5 heteroatoms. The molecule has 0 aliphatic heterocycles. The fourth-order valence-corrected chi connectivity index (χ4v) is 6.18. The summed E-state index contributed by atoms with van der Waals surface area (Å²) in [5.74, 6) is 0.267. The zero-order valence-corrected chi connectivity index (χ0v) is 20.4. The first-order chi connectivity index (χ1) is 16.5. The smallest absolute Gasteiger partial charge is 0.319 e. The molecule has 2 aliphatic rings. The number of carbonyl (C=O) groups is 2. The minimum atomic E-state index is -1.38. The van der Waals surface area contributed by atoms with Gasteiger partial charge in [-0.15, -0.1) is 0 Å². The largest absolute Gasteiger partial charge is 0.496 e. The van der Waals surface area contributed by atoms with Crippen LogP contribution in [0.4, 0.5) is 0 Å². The van der Waals surface area contributed by atoms with Crippen LogP contribution in [0.5, 0.6) is 5.75 Å². The van der Waals surface area contributed by atoms with Crippen LogP contribution in [0.2, 0.25) is 0 Å². The molecule has 2 aromatic rings. The maximum absolute atomic E-state index is 13.5. The molecule has 2 N–H and O–H groups in total. The third kappa shape index (κ3) is 4.84. The lowest BCUT2D eigenvalue weighted by atomic mass is 9.63. The normalized spacial score (nSPS) is 27.1. The Morgan fingerprint density at radius 1 is 1.00 bits per heavy atom. The Morgan fingerprint density at radius 3 is 2.38 bits per heavy atom. The van der Waals surface area contributed by atoms with Crippen LogP contribution in [0.15, 0.2) is 48.5 Å². The van der Waals surface area contributed by atoms with Crippen molar-refractivity contribution in [1.82, 2.24) is 5.32 Å². The lowest BCUT2D eigenvalue weighted by Crippen LogP contribution is -2.52. The molecule has 1 amide bonds. The molecule has 34 heavy (non-hydrogen) atoms. The van der Waals surface area contributed by atoms with Crippen molar-refractivity contribution in [2.24, 2.45) is 11.3 Å². The van der Waals surface area contributed by atoms with Crippen molar-refractivity contribution in [3.8, 4) is 5.75 Å². The fourth-order valence-electron chi connectivity index (χ4n) is 6.18. The van der Waals surface area contributed by atoms with Crippen molar-refractivity contribution in [2.75, 3.05) is 13.7 Å². The van der Waals surface area contributed by atoms with Crippen molar-refractivity contribution < 1.29 is 19.4 Å². The highest BCUT2D eigenvalue weighted by atomic mass is 16.5. The van der Waals surface area contributed by atoms with Crippen molar-refractivity contribution in [1.29, 1.82) is 0 Å². The minimum absolute atomic E-state index is 0.283. The Hall–Kier alpha value is -2.82. The molecule has 0 aromatic heterocycles. The summed E-state index contributed by atoms with van der Waals surface area (Å²) >= 11 is 0. The number of hydrogen-bond acceptors (Lipinski definition) is 3.